The molecule has 1 atom stereocenters. The minimum atomic E-state index is -0.787. The summed E-state index contributed by atoms with van der Waals surface area (Å²) in [5, 5.41) is 17.8. The molecular weight excluding hydrogens is 669 g/mol. The number of unbranched alkanes of at least 4 members (excludes halogenated alkanes) is 19. The van der Waals surface area contributed by atoms with Gasteiger partial charge in [0.05, 0.1) is 6.61 Å². The summed E-state index contributed by atoms with van der Waals surface area (Å²) in [5.41, 5.74) is 1.47. The lowest BCUT2D eigenvalue weighted by Crippen LogP contribution is -2.28. The van der Waals surface area contributed by atoms with E-state index >= 15 is 0 Å². The number of esters is 2. The van der Waals surface area contributed by atoms with E-state index in [1.807, 2.05) is 0 Å². The van der Waals surface area contributed by atoms with Gasteiger partial charge < -0.3 is 14.6 Å². The molecule has 0 saturated heterocycles. The third kappa shape index (κ3) is 15.7. The van der Waals surface area contributed by atoms with Gasteiger partial charge in [0.1, 0.15) is 6.61 Å². The Kier molecular flexibility index (Phi) is 21.1. The van der Waals surface area contributed by atoms with Crippen LogP contribution in [0.3, 0.4) is 0 Å². The summed E-state index contributed by atoms with van der Waals surface area (Å²) in [4.78, 5) is 24.5. The molecule has 4 rings (SSSR count). The summed E-state index contributed by atoms with van der Waals surface area (Å²) < 4.78 is 10.7. The zero-order valence-electron chi connectivity index (χ0n) is 33.6. The zero-order valence-corrected chi connectivity index (χ0v) is 33.6. The van der Waals surface area contributed by atoms with Crippen LogP contribution in [0.2, 0.25) is 0 Å². The second-order valence-electron chi connectivity index (χ2n) is 15.6. The van der Waals surface area contributed by atoms with Gasteiger partial charge in [-0.15, -0.1) is 0 Å². The molecule has 0 heterocycles. The second kappa shape index (κ2) is 26.4. The van der Waals surface area contributed by atoms with E-state index in [1.54, 1.807) is 0 Å². The molecule has 0 unspecified atom stereocenters. The molecule has 0 aromatic heterocycles. The summed E-state index contributed by atoms with van der Waals surface area (Å²) in [6.45, 7) is 1.84. The van der Waals surface area contributed by atoms with Crippen LogP contribution >= 0.6 is 0 Å². The summed E-state index contributed by atoms with van der Waals surface area (Å²) >= 11 is 0. The predicted octanol–water partition coefficient (Wildman–Crippen LogP) is 13.5. The number of aliphatic hydroxyl groups excluding tert-OH is 1. The van der Waals surface area contributed by atoms with Gasteiger partial charge in [0.15, 0.2) is 6.10 Å². The van der Waals surface area contributed by atoms with Crippen molar-refractivity contribution in [2.45, 2.75) is 174 Å². The Bertz CT molecular complexity index is 1620. The molecule has 0 aliphatic rings. The largest absolute Gasteiger partial charge is 0.462 e. The van der Waals surface area contributed by atoms with Crippen molar-refractivity contribution in [2.24, 2.45) is 0 Å². The fourth-order valence-electron chi connectivity index (χ4n) is 7.80. The van der Waals surface area contributed by atoms with Gasteiger partial charge in [-0.05, 0) is 89.2 Å². The molecular formula is C49H70O5. The van der Waals surface area contributed by atoms with Gasteiger partial charge in [0.2, 0.25) is 0 Å². The molecule has 1 N–H and O–H groups in total. The molecule has 0 saturated carbocycles. The van der Waals surface area contributed by atoms with Gasteiger partial charge in [-0.2, -0.15) is 0 Å². The number of rotatable bonds is 31. The normalized spacial score (nSPS) is 12.4. The van der Waals surface area contributed by atoms with E-state index in [0.29, 0.717) is 12.8 Å². The summed E-state index contributed by atoms with van der Waals surface area (Å²) in [6.07, 6.45) is 31.8. The number of hydrogen-bond acceptors (Lipinski definition) is 5. The van der Waals surface area contributed by atoms with Gasteiger partial charge in [-0.3, -0.25) is 9.59 Å². The average molecular weight is 739 g/mol. The van der Waals surface area contributed by atoms with Crippen LogP contribution in [0.15, 0.2) is 66.7 Å². The number of ether oxygens (including phenoxy) is 2. The molecule has 54 heavy (non-hydrogen) atoms. The second-order valence-corrected chi connectivity index (χ2v) is 15.6. The molecule has 0 spiro atoms. The predicted molar refractivity (Wildman–Crippen MR) is 227 cm³/mol. The molecule has 4 aromatic rings. The lowest BCUT2D eigenvalue weighted by atomic mass is 9.90. The van der Waals surface area contributed by atoms with Crippen LogP contribution < -0.4 is 0 Å². The third-order valence-electron chi connectivity index (χ3n) is 11.0. The number of benzene rings is 4. The first-order valence-electron chi connectivity index (χ1n) is 21.9. The van der Waals surface area contributed by atoms with Crippen LogP contribution in [0.4, 0.5) is 0 Å². The topological polar surface area (TPSA) is 72.8 Å². The Labute approximate surface area is 326 Å². The molecule has 296 valence electrons. The van der Waals surface area contributed by atoms with Crippen molar-refractivity contribution in [2.75, 3.05) is 13.2 Å². The molecule has 5 nitrogen and oxygen atoms in total. The maximum absolute atomic E-state index is 12.2. The van der Waals surface area contributed by atoms with Crippen LogP contribution in [0.5, 0.6) is 0 Å². The number of allylic oxidation sites excluding steroid dienone is 2. The van der Waals surface area contributed by atoms with Crippen molar-refractivity contribution >= 4 is 44.3 Å². The first-order valence-corrected chi connectivity index (χ1v) is 21.9. The standard InChI is InChI=1S/C49H70O5/c1-2-3-4-5-6-7-8-9-10-11-12-15-19-22-25-31-47(52)54-44(38-50)39-53-46(51)30-24-21-18-16-13-14-17-20-23-27-40-32-33-43-35-34-41-28-26-29-42-36-37-45(40)49(43)48(41)42/h9-10,26,28-29,32-37,44,50H,2-8,11-25,27,30-31,38-39H2,1H3/b10-9-/t44-/m0/s1. The van der Waals surface area contributed by atoms with Crippen molar-refractivity contribution in [3.05, 3.63) is 72.3 Å². The first-order chi connectivity index (χ1) is 26.6. The van der Waals surface area contributed by atoms with E-state index in [1.165, 1.54) is 134 Å². The van der Waals surface area contributed by atoms with E-state index in [9.17, 15) is 14.7 Å². The average Bonchev–Trinajstić information content (AvgIpc) is 3.19. The van der Waals surface area contributed by atoms with E-state index in [4.69, 9.17) is 9.47 Å². The highest BCUT2D eigenvalue weighted by Gasteiger charge is 2.16. The third-order valence-corrected chi connectivity index (χ3v) is 11.0. The van der Waals surface area contributed by atoms with Crippen molar-refractivity contribution in [3.8, 4) is 0 Å². The lowest BCUT2D eigenvalue weighted by molar-refractivity contribution is -0.161. The van der Waals surface area contributed by atoms with Gasteiger partial charge in [0, 0.05) is 12.8 Å². The summed E-state index contributed by atoms with van der Waals surface area (Å²) in [7, 11) is 0. The molecule has 4 aromatic carbocycles. The van der Waals surface area contributed by atoms with Crippen LogP contribution in [0, 0.1) is 0 Å². The molecule has 0 aliphatic heterocycles. The lowest BCUT2D eigenvalue weighted by Gasteiger charge is -2.15. The molecule has 0 radical (unpaired) electrons. The number of hydrogen-bond donors (Lipinski definition) is 1. The minimum Gasteiger partial charge on any atom is -0.462 e. The quantitative estimate of drug-likeness (QED) is 0.0241. The fraction of sp³-hybridized carbons (Fsp3) is 0.592. The SMILES string of the molecule is CCCCCCCC/C=C\CCCCCCCC(=O)O[C@@H](CO)COC(=O)CCCCCCCCCCCc1ccc2ccc3cccc4ccc1c2c34. The smallest absolute Gasteiger partial charge is 0.306 e. The van der Waals surface area contributed by atoms with E-state index < -0.39 is 6.10 Å². The Balaban J connectivity index is 0.927. The molecule has 0 aliphatic carbocycles. The van der Waals surface area contributed by atoms with E-state index in [-0.39, 0.29) is 25.2 Å². The van der Waals surface area contributed by atoms with E-state index in [0.717, 1.165) is 51.4 Å². The van der Waals surface area contributed by atoms with Crippen LogP contribution in [-0.4, -0.2) is 36.4 Å². The molecule has 0 bridgehead atoms. The summed E-state index contributed by atoms with van der Waals surface area (Å²) in [6, 6.07) is 20.3. The van der Waals surface area contributed by atoms with Gasteiger partial charge in [-0.25, -0.2) is 0 Å². The van der Waals surface area contributed by atoms with Gasteiger partial charge >= 0.3 is 11.9 Å². The molecule has 0 amide bonds. The number of carbonyl (C=O) groups excluding carboxylic acids is 2. The maximum Gasteiger partial charge on any atom is 0.306 e. The van der Waals surface area contributed by atoms with Crippen LogP contribution in [0.25, 0.3) is 32.3 Å². The number of aryl methyl sites for hydroxylation is 1. The molecule has 5 heteroatoms. The Hall–Kier alpha value is -3.44. The van der Waals surface area contributed by atoms with Crippen LogP contribution in [-0.2, 0) is 25.5 Å². The Morgan fingerprint density at radius 3 is 1.69 bits per heavy atom. The highest BCUT2D eigenvalue weighted by atomic mass is 16.6. The maximum atomic E-state index is 12.2. The van der Waals surface area contributed by atoms with Gasteiger partial charge in [0.25, 0.3) is 0 Å². The van der Waals surface area contributed by atoms with Crippen molar-refractivity contribution < 1.29 is 24.2 Å². The Morgan fingerprint density at radius 1 is 0.574 bits per heavy atom. The van der Waals surface area contributed by atoms with Crippen molar-refractivity contribution in [1.82, 2.24) is 0 Å². The molecule has 0 fully saturated rings. The fourth-order valence-corrected chi connectivity index (χ4v) is 7.80. The zero-order chi connectivity index (χ0) is 38.1. The minimum absolute atomic E-state index is 0.0792. The number of aliphatic hydroxyl groups is 1. The highest BCUT2D eigenvalue weighted by molar-refractivity contribution is 6.23. The van der Waals surface area contributed by atoms with Gasteiger partial charge in [-0.1, -0.05) is 170 Å². The first kappa shape index (κ1) is 43.3. The van der Waals surface area contributed by atoms with Crippen molar-refractivity contribution in [3.63, 3.8) is 0 Å². The Morgan fingerprint density at radius 2 is 1.07 bits per heavy atom. The highest BCUT2D eigenvalue weighted by Crippen LogP contribution is 2.36. The van der Waals surface area contributed by atoms with E-state index in [2.05, 4.69) is 73.7 Å². The van der Waals surface area contributed by atoms with Crippen LogP contribution in [0.1, 0.15) is 167 Å². The summed E-state index contributed by atoms with van der Waals surface area (Å²) in [5.74, 6) is -0.613. The van der Waals surface area contributed by atoms with Crippen molar-refractivity contribution in [1.29, 1.82) is 0 Å². The number of carbonyl (C=O) groups is 2. The monoisotopic (exact) mass is 739 g/mol.